The highest BCUT2D eigenvalue weighted by molar-refractivity contribution is 7.21. The van der Waals surface area contributed by atoms with E-state index in [2.05, 4.69) is 45.6 Å². The molecule has 1 N–H and O–H groups in total. The molecule has 0 amide bonds. The van der Waals surface area contributed by atoms with Crippen LogP contribution < -0.4 is 5.43 Å². The van der Waals surface area contributed by atoms with Crippen LogP contribution in [-0.2, 0) is 0 Å². The van der Waals surface area contributed by atoms with Gasteiger partial charge in [-0.25, -0.2) is 9.97 Å². The van der Waals surface area contributed by atoms with Crippen LogP contribution in [0.5, 0.6) is 0 Å². The number of hydrogen-bond donors (Lipinski definition) is 1. The molecular weight excluding hydrogens is 292 g/mol. The number of nitrogens with zero attached hydrogens (tertiary/aromatic N) is 3. The van der Waals surface area contributed by atoms with Crippen LogP contribution in [0.3, 0.4) is 0 Å². The molecule has 2 heterocycles. The largest absolute Gasteiger partial charge is 0.261 e. The zero-order valence-electron chi connectivity index (χ0n) is 12.9. The van der Waals surface area contributed by atoms with E-state index in [0.717, 1.165) is 34.0 Å². The van der Waals surface area contributed by atoms with Crippen molar-refractivity contribution in [1.29, 1.82) is 0 Å². The van der Waals surface area contributed by atoms with Gasteiger partial charge in [0.05, 0.1) is 5.39 Å². The van der Waals surface area contributed by atoms with Gasteiger partial charge in [-0.2, -0.15) is 5.10 Å². The third-order valence-electron chi connectivity index (χ3n) is 3.43. The zero-order valence-corrected chi connectivity index (χ0v) is 13.7. The molecule has 5 heteroatoms. The summed E-state index contributed by atoms with van der Waals surface area (Å²) in [5.74, 6) is 1.52. The van der Waals surface area contributed by atoms with Gasteiger partial charge in [0, 0.05) is 10.6 Å². The van der Waals surface area contributed by atoms with E-state index in [9.17, 15) is 0 Å². The molecule has 3 rings (SSSR count). The van der Waals surface area contributed by atoms with Gasteiger partial charge in [-0.15, -0.1) is 11.3 Å². The number of benzene rings is 1. The Bertz CT molecular complexity index is 821. The molecule has 0 unspecified atom stereocenters. The lowest BCUT2D eigenvalue weighted by Crippen LogP contribution is -2.00. The summed E-state index contributed by atoms with van der Waals surface area (Å²) in [4.78, 5) is 11.2. The standard InChI is InChI=1S/C17H18N4S/c1-4-11(2)20-21-16-14-10-15(13-8-6-5-7-9-13)22-17(14)19-12(3)18-16/h5-10H,4H2,1-3H3,(H,18,19,21)/b20-11+. The minimum atomic E-state index is 0.751. The van der Waals surface area contributed by atoms with Gasteiger partial charge >= 0.3 is 0 Å². The fraction of sp³-hybridized carbons (Fsp3) is 0.235. The second-order valence-corrected chi connectivity index (χ2v) is 6.16. The van der Waals surface area contributed by atoms with Crippen molar-refractivity contribution in [2.75, 3.05) is 5.43 Å². The number of anilines is 1. The highest BCUT2D eigenvalue weighted by atomic mass is 32.1. The van der Waals surface area contributed by atoms with Crippen molar-refractivity contribution in [3.63, 3.8) is 0 Å². The highest BCUT2D eigenvalue weighted by Crippen LogP contribution is 2.35. The lowest BCUT2D eigenvalue weighted by molar-refractivity contribution is 1.08. The number of fused-ring (bicyclic) bond motifs is 1. The summed E-state index contributed by atoms with van der Waals surface area (Å²) in [7, 11) is 0. The maximum Gasteiger partial charge on any atom is 0.158 e. The summed E-state index contributed by atoms with van der Waals surface area (Å²) in [5, 5.41) is 5.38. The monoisotopic (exact) mass is 310 g/mol. The molecule has 0 radical (unpaired) electrons. The predicted molar refractivity (Wildman–Crippen MR) is 94.6 cm³/mol. The molecule has 0 fully saturated rings. The first-order chi connectivity index (χ1) is 10.7. The minimum absolute atomic E-state index is 0.751. The summed E-state index contributed by atoms with van der Waals surface area (Å²) >= 11 is 1.68. The number of thiophene rings is 1. The molecule has 4 nitrogen and oxygen atoms in total. The number of rotatable bonds is 4. The van der Waals surface area contributed by atoms with Crippen LogP contribution >= 0.6 is 11.3 Å². The SMILES string of the molecule is CC/C(C)=N/Nc1nc(C)nc2sc(-c3ccccc3)cc12. The molecule has 112 valence electrons. The van der Waals surface area contributed by atoms with Gasteiger partial charge in [-0.3, -0.25) is 5.43 Å². The second kappa shape index (κ2) is 6.23. The smallest absolute Gasteiger partial charge is 0.158 e. The van der Waals surface area contributed by atoms with E-state index in [1.165, 1.54) is 10.4 Å². The lowest BCUT2D eigenvalue weighted by atomic mass is 10.2. The van der Waals surface area contributed by atoms with Gasteiger partial charge < -0.3 is 0 Å². The minimum Gasteiger partial charge on any atom is -0.261 e. The average Bonchev–Trinajstić information content (AvgIpc) is 2.97. The van der Waals surface area contributed by atoms with Gasteiger partial charge in [-0.05, 0) is 31.9 Å². The molecular formula is C17H18N4S. The van der Waals surface area contributed by atoms with Crippen LogP contribution in [0.25, 0.3) is 20.7 Å². The molecule has 0 aliphatic rings. The van der Waals surface area contributed by atoms with Gasteiger partial charge in [0.1, 0.15) is 10.7 Å². The molecule has 1 aromatic carbocycles. The van der Waals surface area contributed by atoms with E-state index in [1.807, 2.05) is 32.0 Å². The fourth-order valence-corrected chi connectivity index (χ4v) is 3.17. The highest BCUT2D eigenvalue weighted by Gasteiger charge is 2.11. The van der Waals surface area contributed by atoms with E-state index in [-0.39, 0.29) is 0 Å². The Hall–Kier alpha value is -2.27. The van der Waals surface area contributed by atoms with Crippen molar-refractivity contribution >= 4 is 33.1 Å². The topological polar surface area (TPSA) is 50.2 Å². The number of hydrazone groups is 1. The Morgan fingerprint density at radius 3 is 2.73 bits per heavy atom. The summed E-state index contributed by atoms with van der Waals surface area (Å²) < 4.78 is 0. The number of aryl methyl sites for hydroxylation is 1. The zero-order chi connectivity index (χ0) is 15.5. The third-order valence-corrected chi connectivity index (χ3v) is 4.51. The summed E-state index contributed by atoms with van der Waals surface area (Å²) in [6.07, 6.45) is 0.916. The summed E-state index contributed by atoms with van der Waals surface area (Å²) in [6.45, 7) is 5.99. The molecule has 2 aromatic heterocycles. The first-order valence-corrected chi connectivity index (χ1v) is 8.12. The van der Waals surface area contributed by atoms with Crippen molar-refractivity contribution in [2.24, 2.45) is 5.10 Å². The van der Waals surface area contributed by atoms with Gasteiger partial charge in [0.25, 0.3) is 0 Å². The quantitative estimate of drug-likeness (QED) is 0.553. The normalized spacial score (nSPS) is 11.9. The molecule has 0 bridgehead atoms. The molecule has 22 heavy (non-hydrogen) atoms. The summed E-state index contributed by atoms with van der Waals surface area (Å²) in [6, 6.07) is 12.5. The third kappa shape index (κ3) is 2.99. The van der Waals surface area contributed by atoms with Crippen LogP contribution in [0, 0.1) is 6.92 Å². The first kappa shape index (κ1) is 14.7. The maximum atomic E-state index is 4.55. The Morgan fingerprint density at radius 2 is 2.00 bits per heavy atom. The Kier molecular flexibility index (Phi) is 4.15. The van der Waals surface area contributed by atoms with Crippen molar-refractivity contribution in [3.05, 3.63) is 42.2 Å². The Labute approximate surface area is 133 Å². The lowest BCUT2D eigenvalue weighted by Gasteiger charge is -2.03. The van der Waals surface area contributed by atoms with Crippen LogP contribution in [0.1, 0.15) is 26.1 Å². The van der Waals surface area contributed by atoms with E-state index >= 15 is 0 Å². The second-order valence-electron chi connectivity index (χ2n) is 5.13. The van der Waals surface area contributed by atoms with Crippen LogP contribution in [0.2, 0.25) is 0 Å². The van der Waals surface area contributed by atoms with E-state index < -0.39 is 0 Å². The van der Waals surface area contributed by atoms with E-state index in [4.69, 9.17) is 0 Å². The van der Waals surface area contributed by atoms with Gasteiger partial charge in [0.2, 0.25) is 0 Å². The molecule has 0 saturated carbocycles. The van der Waals surface area contributed by atoms with Crippen LogP contribution in [0.4, 0.5) is 5.82 Å². The number of hydrogen-bond acceptors (Lipinski definition) is 5. The predicted octanol–water partition coefficient (Wildman–Crippen LogP) is 4.86. The fourth-order valence-electron chi connectivity index (χ4n) is 2.09. The molecule has 3 aromatic rings. The number of nitrogens with one attached hydrogen (secondary N) is 1. The molecule has 0 atom stereocenters. The van der Waals surface area contributed by atoms with Crippen LogP contribution in [-0.4, -0.2) is 15.7 Å². The summed E-state index contributed by atoms with van der Waals surface area (Å²) in [5.41, 5.74) is 5.33. The van der Waals surface area contributed by atoms with E-state index in [0.29, 0.717) is 0 Å². The molecule has 0 aliphatic carbocycles. The van der Waals surface area contributed by atoms with Crippen molar-refractivity contribution in [3.8, 4) is 10.4 Å². The molecule has 0 spiro atoms. The van der Waals surface area contributed by atoms with Crippen molar-refractivity contribution in [1.82, 2.24) is 9.97 Å². The molecule has 0 saturated heterocycles. The first-order valence-electron chi connectivity index (χ1n) is 7.30. The average molecular weight is 310 g/mol. The van der Waals surface area contributed by atoms with Gasteiger partial charge in [-0.1, -0.05) is 37.3 Å². The molecule has 0 aliphatic heterocycles. The number of aromatic nitrogens is 2. The van der Waals surface area contributed by atoms with Crippen molar-refractivity contribution < 1.29 is 0 Å². The Morgan fingerprint density at radius 1 is 1.23 bits per heavy atom. The maximum absolute atomic E-state index is 4.55. The van der Waals surface area contributed by atoms with Gasteiger partial charge in [0.15, 0.2) is 5.82 Å². The van der Waals surface area contributed by atoms with Crippen LogP contribution in [0.15, 0.2) is 41.5 Å². The van der Waals surface area contributed by atoms with Crippen molar-refractivity contribution in [2.45, 2.75) is 27.2 Å². The van der Waals surface area contributed by atoms with E-state index in [1.54, 1.807) is 11.3 Å². The Balaban J connectivity index is 2.07.